The number of nitrogens with zero attached hydrogens (tertiary/aromatic N) is 2. The summed E-state index contributed by atoms with van der Waals surface area (Å²) in [7, 11) is -3.26. The Bertz CT molecular complexity index is 1150. The smallest absolute Gasteiger partial charge is 0.231 e. The highest BCUT2D eigenvalue weighted by molar-refractivity contribution is 7.88. The van der Waals surface area contributed by atoms with Crippen molar-refractivity contribution in [1.29, 1.82) is 0 Å². The Balaban J connectivity index is 1.75. The maximum Gasteiger partial charge on any atom is 0.231 e. The van der Waals surface area contributed by atoms with Crippen molar-refractivity contribution in [2.75, 3.05) is 12.8 Å². The van der Waals surface area contributed by atoms with Gasteiger partial charge in [-0.2, -0.15) is 0 Å². The Kier molecular flexibility index (Phi) is 4.22. The van der Waals surface area contributed by atoms with Crippen LogP contribution in [0.5, 0.6) is 0 Å². The Labute approximate surface area is 155 Å². The van der Waals surface area contributed by atoms with Crippen LogP contribution in [0.4, 0.5) is 8.78 Å². The first-order chi connectivity index (χ1) is 12.8. The highest BCUT2D eigenvalue weighted by Gasteiger charge is 2.22. The summed E-state index contributed by atoms with van der Waals surface area (Å²) in [6.07, 6.45) is 6.71. The van der Waals surface area contributed by atoms with Gasteiger partial charge in [0.1, 0.15) is 5.65 Å². The lowest BCUT2D eigenvalue weighted by Crippen LogP contribution is -2.29. The molecular formula is C19H17F2N3O2S. The van der Waals surface area contributed by atoms with E-state index in [0.717, 1.165) is 11.8 Å². The van der Waals surface area contributed by atoms with E-state index in [2.05, 4.69) is 9.97 Å². The number of nitrogens with one attached hydrogen (secondary N) is 1. The molecule has 0 bridgehead atoms. The second kappa shape index (κ2) is 6.45. The topological polar surface area (TPSA) is 66.1 Å². The molecule has 1 atom stereocenters. The molecule has 1 aromatic carbocycles. The summed E-state index contributed by atoms with van der Waals surface area (Å²) < 4.78 is 52.4. The molecule has 0 saturated carbocycles. The van der Waals surface area contributed by atoms with Gasteiger partial charge in [0.15, 0.2) is 11.6 Å². The first kappa shape index (κ1) is 17.7. The summed E-state index contributed by atoms with van der Waals surface area (Å²) >= 11 is 0. The van der Waals surface area contributed by atoms with Crippen molar-refractivity contribution < 1.29 is 17.2 Å². The van der Waals surface area contributed by atoms with Crippen LogP contribution in [-0.2, 0) is 10.0 Å². The van der Waals surface area contributed by atoms with Gasteiger partial charge in [0.05, 0.1) is 6.26 Å². The molecule has 1 aliphatic heterocycles. The number of allylic oxidation sites excluding steroid dienone is 1. The SMILES string of the molecule is CS(=O)(=O)N1C=CC(c2cc3c(-c4cccc(F)c4F)ccnc3[nH]2)CC1. The van der Waals surface area contributed by atoms with Gasteiger partial charge in [-0.3, -0.25) is 4.31 Å². The van der Waals surface area contributed by atoms with Crippen LogP contribution in [0.25, 0.3) is 22.2 Å². The van der Waals surface area contributed by atoms with Crippen molar-refractivity contribution in [3.8, 4) is 11.1 Å². The minimum atomic E-state index is -3.26. The lowest BCUT2D eigenvalue weighted by molar-refractivity contribution is 0.464. The average Bonchev–Trinajstić information content (AvgIpc) is 3.08. The standard InChI is InChI=1S/C19H17F2N3O2S/c1-27(25,26)24-9-6-12(7-10-24)17-11-15-13(5-8-22-19(15)23-17)14-3-2-4-16(20)18(14)21/h2-6,8-9,11-12H,7,10H2,1H3,(H,22,23). The number of hydrogen-bond acceptors (Lipinski definition) is 3. The maximum absolute atomic E-state index is 14.3. The van der Waals surface area contributed by atoms with Crippen molar-refractivity contribution in [2.45, 2.75) is 12.3 Å². The van der Waals surface area contributed by atoms with E-state index in [1.54, 1.807) is 18.5 Å². The van der Waals surface area contributed by atoms with Crippen LogP contribution in [0.3, 0.4) is 0 Å². The number of fused-ring (bicyclic) bond motifs is 1. The number of H-pyrrole nitrogens is 1. The quantitative estimate of drug-likeness (QED) is 0.742. The summed E-state index contributed by atoms with van der Waals surface area (Å²) in [5.41, 5.74) is 2.16. The van der Waals surface area contributed by atoms with Crippen molar-refractivity contribution >= 4 is 21.1 Å². The molecule has 1 N–H and O–H groups in total. The number of pyridine rings is 1. The molecule has 140 valence electrons. The van der Waals surface area contributed by atoms with E-state index in [1.807, 2.05) is 12.1 Å². The molecule has 3 aromatic rings. The molecule has 0 amide bonds. The fourth-order valence-electron chi connectivity index (χ4n) is 3.37. The van der Waals surface area contributed by atoms with E-state index in [-0.39, 0.29) is 11.5 Å². The van der Waals surface area contributed by atoms with E-state index in [1.165, 1.54) is 22.7 Å². The number of sulfonamides is 1. The number of rotatable bonds is 3. The van der Waals surface area contributed by atoms with E-state index in [4.69, 9.17) is 0 Å². The lowest BCUT2D eigenvalue weighted by atomic mass is 9.98. The fourth-order valence-corrected chi connectivity index (χ4v) is 4.09. The molecule has 2 aromatic heterocycles. The molecular weight excluding hydrogens is 372 g/mol. The van der Waals surface area contributed by atoms with Crippen LogP contribution in [0.1, 0.15) is 18.0 Å². The molecule has 27 heavy (non-hydrogen) atoms. The summed E-state index contributed by atoms with van der Waals surface area (Å²) in [6.45, 7) is 0.383. The molecule has 0 spiro atoms. The first-order valence-electron chi connectivity index (χ1n) is 8.42. The zero-order valence-electron chi connectivity index (χ0n) is 14.5. The van der Waals surface area contributed by atoms with Gasteiger partial charge >= 0.3 is 0 Å². The second-order valence-corrected chi connectivity index (χ2v) is 8.49. The summed E-state index contributed by atoms with van der Waals surface area (Å²) in [6, 6.07) is 7.61. The van der Waals surface area contributed by atoms with Crippen LogP contribution in [0, 0.1) is 11.6 Å². The van der Waals surface area contributed by atoms with E-state index in [9.17, 15) is 17.2 Å². The van der Waals surface area contributed by atoms with Crippen molar-refractivity contribution in [2.24, 2.45) is 0 Å². The van der Waals surface area contributed by atoms with Crippen molar-refractivity contribution in [3.05, 3.63) is 66.1 Å². The monoisotopic (exact) mass is 389 g/mol. The van der Waals surface area contributed by atoms with Crippen molar-refractivity contribution in [1.82, 2.24) is 14.3 Å². The molecule has 1 unspecified atom stereocenters. The van der Waals surface area contributed by atoms with Gasteiger partial charge in [-0.05, 0) is 30.2 Å². The number of aromatic amines is 1. The van der Waals surface area contributed by atoms with Gasteiger partial charge in [-0.25, -0.2) is 22.2 Å². The van der Waals surface area contributed by atoms with E-state index < -0.39 is 21.7 Å². The highest BCUT2D eigenvalue weighted by atomic mass is 32.2. The minimum Gasteiger partial charge on any atom is -0.343 e. The number of halogens is 2. The second-order valence-electron chi connectivity index (χ2n) is 6.56. The molecule has 8 heteroatoms. The Morgan fingerprint density at radius 3 is 2.74 bits per heavy atom. The number of benzene rings is 1. The molecule has 0 radical (unpaired) electrons. The molecule has 0 saturated heterocycles. The Morgan fingerprint density at radius 1 is 1.22 bits per heavy atom. The summed E-state index contributed by atoms with van der Waals surface area (Å²) in [5.74, 6) is -1.80. The van der Waals surface area contributed by atoms with Crippen LogP contribution in [0.15, 0.2) is 48.8 Å². The third kappa shape index (κ3) is 3.21. The normalized spacial score (nSPS) is 17.6. The van der Waals surface area contributed by atoms with E-state index in [0.29, 0.717) is 29.6 Å². The lowest BCUT2D eigenvalue weighted by Gasteiger charge is -2.25. The first-order valence-corrected chi connectivity index (χ1v) is 10.3. The molecule has 0 aliphatic carbocycles. The average molecular weight is 389 g/mol. The summed E-state index contributed by atoms with van der Waals surface area (Å²) in [4.78, 5) is 7.50. The molecule has 3 heterocycles. The van der Waals surface area contributed by atoms with Gasteiger partial charge in [0.25, 0.3) is 0 Å². The molecule has 5 nitrogen and oxygen atoms in total. The summed E-state index contributed by atoms with van der Waals surface area (Å²) in [5, 5.41) is 0.691. The molecule has 0 fully saturated rings. The van der Waals surface area contributed by atoms with Gasteiger partial charge in [-0.1, -0.05) is 18.2 Å². The third-order valence-electron chi connectivity index (χ3n) is 4.77. The zero-order valence-corrected chi connectivity index (χ0v) is 15.3. The van der Waals surface area contributed by atoms with Gasteiger partial charge in [0, 0.05) is 41.5 Å². The van der Waals surface area contributed by atoms with Crippen molar-refractivity contribution in [3.63, 3.8) is 0 Å². The predicted octanol–water partition coefficient (Wildman–Crippen LogP) is 3.77. The Morgan fingerprint density at radius 2 is 2.04 bits per heavy atom. The number of aromatic nitrogens is 2. The number of hydrogen-bond donors (Lipinski definition) is 1. The highest BCUT2D eigenvalue weighted by Crippen LogP contribution is 2.34. The maximum atomic E-state index is 14.3. The fraction of sp³-hybridized carbons (Fsp3) is 0.211. The molecule has 1 aliphatic rings. The largest absolute Gasteiger partial charge is 0.343 e. The molecule has 4 rings (SSSR count). The van der Waals surface area contributed by atoms with Gasteiger partial charge < -0.3 is 4.98 Å². The third-order valence-corrected chi connectivity index (χ3v) is 5.92. The van der Waals surface area contributed by atoms with Crippen LogP contribution in [-0.4, -0.2) is 35.5 Å². The van der Waals surface area contributed by atoms with E-state index >= 15 is 0 Å². The minimum absolute atomic E-state index is 0.0117. The van der Waals surface area contributed by atoms with Crippen LogP contribution < -0.4 is 0 Å². The predicted molar refractivity (Wildman–Crippen MR) is 99.5 cm³/mol. The zero-order chi connectivity index (χ0) is 19.2. The Hall–Kier alpha value is -2.74. The van der Waals surface area contributed by atoms with Gasteiger partial charge in [0.2, 0.25) is 10.0 Å². The van der Waals surface area contributed by atoms with Crippen LogP contribution in [0.2, 0.25) is 0 Å². The van der Waals surface area contributed by atoms with Crippen LogP contribution >= 0.6 is 0 Å². The van der Waals surface area contributed by atoms with Gasteiger partial charge in [-0.15, -0.1) is 0 Å².